The number of carbonyl (C=O) groups excluding carboxylic acids is 1. The monoisotopic (exact) mass is 354 g/mol. The number of hydrogen-bond acceptors (Lipinski definition) is 5. The largest absolute Gasteiger partial charge is 0.490 e. The molecule has 2 rings (SSSR count). The van der Waals surface area contributed by atoms with Gasteiger partial charge in [-0.2, -0.15) is 0 Å². The summed E-state index contributed by atoms with van der Waals surface area (Å²) in [6.45, 7) is 6.73. The smallest absolute Gasteiger partial charge is 0.257 e. The number of aryl methyl sites for hydroxylation is 1. The normalized spacial score (nSPS) is 10.4. The second kappa shape index (κ2) is 8.17. The van der Waals surface area contributed by atoms with Gasteiger partial charge < -0.3 is 9.47 Å². The predicted octanol–water partition coefficient (Wildman–Crippen LogP) is 4.54. The van der Waals surface area contributed by atoms with Gasteiger partial charge in [-0.15, -0.1) is 11.3 Å². The molecule has 1 N–H and O–H groups in total. The molecule has 0 aliphatic carbocycles. The summed E-state index contributed by atoms with van der Waals surface area (Å²) in [6, 6.07) is 3.21. The molecule has 0 saturated carbocycles. The summed E-state index contributed by atoms with van der Waals surface area (Å²) in [6.07, 6.45) is 0.855. The molecule has 0 saturated heterocycles. The lowest BCUT2D eigenvalue weighted by Crippen LogP contribution is -2.12. The van der Waals surface area contributed by atoms with Crippen LogP contribution in [0.25, 0.3) is 0 Å². The third-order valence-electron chi connectivity index (χ3n) is 2.86. The van der Waals surface area contributed by atoms with Crippen LogP contribution < -0.4 is 14.8 Å². The molecule has 0 atom stereocenters. The fraction of sp³-hybridized carbons (Fsp3) is 0.375. The number of aromatic nitrogens is 1. The predicted molar refractivity (Wildman–Crippen MR) is 93.2 cm³/mol. The maximum absolute atomic E-state index is 12.4. The Bertz CT molecular complexity index is 688. The molecule has 1 amide bonds. The number of ether oxygens (including phenoxy) is 2. The Hall–Kier alpha value is -1.79. The standard InChI is InChI=1S/C16H19ClN2O3S/c1-4-6-22-14-12(17)7-11(8-13(14)21-5-2)15(20)19-16-18-10(3)9-23-16/h7-9H,4-6H2,1-3H3,(H,18,19,20). The van der Waals surface area contributed by atoms with Crippen LogP contribution in [-0.4, -0.2) is 24.1 Å². The number of amides is 1. The number of carbonyl (C=O) groups is 1. The van der Waals surface area contributed by atoms with Gasteiger partial charge in [0.15, 0.2) is 16.6 Å². The summed E-state index contributed by atoms with van der Waals surface area (Å²) in [5.74, 6) is 0.648. The van der Waals surface area contributed by atoms with Crippen molar-refractivity contribution in [1.82, 2.24) is 4.98 Å². The van der Waals surface area contributed by atoms with Crippen LogP contribution in [0.2, 0.25) is 5.02 Å². The molecule has 0 fully saturated rings. The number of nitrogens with one attached hydrogen (secondary N) is 1. The molecule has 0 unspecified atom stereocenters. The maximum atomic E-state index is 12.4. The van der Waals surface area contributed by atoms with E-state index in [0.29, 0.717) is 40.4 Å². The average molecular weight is 355 g/mol. The van der Waals surface area contributed by atoms with Crippen molar-refractivity contribution in [3.05, 3.63) is 33.8 Å². The van der Waals surface area contributed by atoms with Crippen LogP contribution in [0, 0.1) is 6.92 Å². The first-order valence-electron chi connectivity index (χ1n) is 7.37. The van der Waals surface area contributed by atoms with E-state index in [1.807, 2.05) is 26.2 Å². The Morgan fingerprint density at radius 2 is 2.13 bits per heavy atom. The number of benzene rings is 1. The molecule has 124 valence electrons. The summed E-state index contributed by atoms with van der Waals surface area (Å²) < 4.78 is 11.2. The SMILES string of the molecule is CCCOc1c(Cl)cc(C(=O)Nc2nc(C)cs2)cc1OCC. The summed E-state index contributed by atoms with van der Waals surface area (Å²) in [5.41, 5.74) is 1.26. The van der Waals surface area contributed by atoms with Gasteiger partial charge in [0.2, 0.25) is 0 Å². The first kappa shape index (κ1) is 17.6. The molecule has 0 aliphatic heterocycles. The summed E-state index contributed by atoms with van der Waals surface area (Å²) in [5, 5.41) is 5.52. The molecule has 23 heavy (non-hydrogen) atoms. The quantitative estimate of drug-likeness (QED) is 0.792. The van der Waals surface area contributed by atoms with Crippen LogP contribution in [0.4, 0.5) is 5.13 Å². The van der Waals surface area contributed by atoms with Crippen molar-refractivity contribution >= 4 is 34.0 Å². The van der Waals surface area contributed by atoms with Gasteiger partial charge in [0.25, 0.3) is 5.91 Å². The van der Waals surface area contributed by atoms with Crippen LogP contribution in [-0.2, 0) is 0 Å². The van der Waals surface area contributed by atoms with Gasteiger partial charge in [-0.25, -0.2) is 4.98 Å². The highest BCUT2D eigenvalue weighted by atomic mass is 35.5. The lowest BCUT2D eigenvalue weighted by atomic mass is 10.2. The minimum atomic E-state index is -0.288. The van der Waals surface area contributed by atoms with Gasteiger partial charge in [-0.3, -0.25) is 10.1 Å². The Balaban J connectivity index is 2.25. The van der Waals surface area contributed by atoms with Crippen molar-refractivity contribution in [2.75, 3.05) is 18.5 Å². The maximum Gasteiger partial charge on any atom is 0.257 e. The van der Waals surface area contributed by atoms with Crippen LogP contribution >= 0.6 is 22.9 Å². The van der Waals surface area contributed by atoms with E-state index >= 15 is 0 Å². The van der Waals surface area contributed by atoms with E-state index in [0.717, 1.165) is 12.1 Å². The third kappa shape index (κ3) is 4.59. The fourth-order valence-corrected chi connectivity index (χ4v) is 2.84. The van der Waals surface area contributed by atoms with E-state index in [1.54, 1.807) is 12.1 Å². The molecule has 1 heterocycles. The second-order valence-electron chi connectivity index (χ2n) is 4.81. The lowest BCUT2D eigenvalue weighted by molar-refractivity contribution is 0.102. The topological polar surface area (TPSA) is 60.5 Å². The Morgan fingerprint density at radius 3 is 2.74 bits per heavy atom. The summed E-state index contributed by atoms with van der Waals surface area (Å²) in [7, 11) is 0. The van der Waals surface area contributed by atoms with E-state index in [9.17, 15) is 4.79 Å². The van der Waals surface area contributed by atoms with Crippen LogP contribution in [0.5, 0.6) is 11.5 Å². The van der Waals surface area contributed by atoms with E-state index in [-0.39, 0.29) is 5.91 Å². The van der Waals surface area contributed by atoms with E-state index in [1.165, 1.54) is 11.3 Å². The minimum absolute atomic E-state index is 0.288. The van der Waals surface area contributed by atoms with Gasteiger partial charge in [0.1, 0.15) is 0 Å². The van der Waals surface area contributed by atoms with Crippen LogP contribution in [0.1, 0.15) is 36.3 Å². The molecule has 5 nitrogen and oxygen atoms in total. The first-order valence-corrected chi connectivity index (χ1v) is 8.63. The molecular formula is C16H19ClN2O3S. The first-order chi connectivity index (χ1) is 11.0. The van der Waals surface area contributed by atoms with Gasteiger partial charge in [0.05, 0.1) is 23.9 Å². The molecule has 2 aromatic rings. The van der Waals surface area contributed by atoms with Crippen molar-refractivity contribution in [2.45, 2.75) is 27.2 Å². The van der Waals surface area contributed by atoms with Crippen molar-refractivity contribution in [3.63, 3.8) is 0 Å². The average Bonchev–Trinajstić information content (AvgIpc) is 2.91. The highest BCUT2D eigenvalue weighted by Gasteiger charge is 2.17. The van der Waals surface area contributed by atoms with E-state index in [4.69, 9.17) is 21.1 Å². The highest BCUT2D eigenvalue weighted by Crippen LogP contribution is 2.37. The highest BCUT2D eigenvalue weighted by molar-refractivity contribution is 7.13. The zero-order chi connectivity index (χ0) is 16.8. The van der Waals surface area contributed by atoms with Gasteiger partial charge in [-0.05, 0) is 32.4 Å². The van der Waals surface area contributed by atoms with E-state index in [2.05, 4.69) is 10.3 Å². The van der Waals surface area contributed by atoms with Crippen molar-refractivity contribution in [1.29, 1.82) is 0 Å². The fourth-order valence-electron chi connectivity index (χ4n) is 1.89. The lowest BCUT2D eigenvalue weighted by Gasteiger charge is -2.14. The molecule has 0 spiro atoms. The molecule has 7 heteroatoms. The zero-order valence-electron chi connectivity index (χ0n) is 13.3. The minimum Gasteiger partial charge on any atom is -0.490 e. The Morgan fingerprint density at radius 1 is 1.35 bits per heavy atom. The van der Waals surface area contributed by atoms with Crippen molar-refractivity contribution in [3.8, 4) is 11.5 Å². The molecule has 0 radical (unpaired) electrons. The zero-order valence-corrected chi connectivity index (χ0v) is 14.9. The number of rotatable bonds is 7. The van der Waals surface area contributed by atoms with Crippen molar-refractivity contribution < 1.29 is 14.3 Å². The molecule has 0 aliphatic rings. The van der Waals surface area contributed by atoms with Crippen LogP contribution in [0.15, 0.2) is 17.5 Å². The van der Waals surface area contributed by atoms with E-state index < -0.39 is 0 Å². The molecule has 1 aromatic heterocycles. The number of thiazole rings is 1. The molecule has 0 bridgehead atoms. The summed E-state index contributed by atoms with van der Waals surface area (Å²) >= 11 is 7.63. The Labute approximate surface area is 144 Å². The van der Waals surface area contributed by atoms with Gasteiger partial charge in [-0.1, -0.05) is 18.5 Å². The van der Waals surface area contributed by atoms with Gasteiger partial charge in [0, 0.05) is 10.9 Å². The third-order valence-corrected chi connectivity index (χ3v) is 4.02. The number of hydrogen-bond donors (Lipinski definition) is 1. The summed E-state index contributed by atoms with van der Waals surface area (Å²) in [4.78, 5) is 16.6. The van der Waals surface area contributed by atoms with Gasteiger partial charge >= 0.3 is 0 Å². The van der Waals surface area contributed by atoms with Crippen molar-refractivity contribution in [2.24, 2.45) is 0 Å². The molecular weight excluding hydrogens is 336 g/mol. The molecule has 1 aromatic carbocycles. The second-order valence-corrected chi connectivity index (χ2v) is 6.08. The van der Waals surface area contributed by atoms with Crippen LogP contribution in [0.3, 0.4) is 0 Å². The number of halogens is 1. The number of anilines is 1. The number of nitrogens with zero attached hydrogens (tertiary/aromatic N) is 1. The Kier molecular flexibility index (Phi) is 6.24.